The summed E-state index contributed by atoms with van der Waals surface area (Å²) in [6.07, 6.45) is 0. The Balaban J connectivity index is 2.29. The van der Waals surface area contributed by atoms with Crippen molar-refractivity contribution >= 4 is 28.5 Å². The lowest BCUT2D eigenvalue weighted by molar-refractivity contribution is 0.0957. The third-order valence-electron chi connectivity index (χ3n) is 3.51. The van der Waals surface area contributed by atoms with Gasteiger partial charge in [0.05, 0.1) is 11.0 Å². The van der Waals surface area contributed by atoms with Crippen LogP contribution in [0.3, 0.4) is 0 Å². The molecule has 0 fully saturated rings. The zero-order chi connectivity index (χ0) is 15.9. The predicted molar refractivity (Wildman–Crippen MR) is 89.6 cm³/mol. The van der Waals surface area contributed by atoms with Crippen LogP contribution in [0.25, 0.3) is 11.0 Å². The normalized spacial score (nSPS) is 11.8. The highest BCUT2D eigenvalue weighted by molar-refractivity contribution is 6.31. The van der Waals surface area contributed by atoms with Crippen LogP contribution in [0, 0.1) is 0 Å². The van der Waals surface area contributed by atoms with Gasteiger partial charge in [-0.3, -0.25) is 9.36 Å². The van der Waals surface area contributed by atoms with E-state index in [1.54, 1.807) is 16.7 Å². The number of fused-ring (bicyclic) bond motifs is 1. The maximum atomic E-state index is 13.0. The molecule has 3 nitrogen and oxygen atoms in total. The quantitative estimate of drug-likeness (QED) is 0.654. The van der Waals surface area contributed by atoms with Crippen LogP contribution < -0.4 is 0 Å². The Morgan fingerprint density at radius 2 is 1.77 bits per heavy atom. The van der Waals surface area contributed by atoms with E-state index in [0.29, 0.717) is 10.6 Å². The van der Waals surface area contributed by atoms with E-state index in [4.69, 9.17) is 11.6 Å². The molecule has 0 aliphatic carbocycles. The number of carbonyl (C=O) groups is 1. The van der Waals surface area contributed by atoms with Gasteiger partial charge in [-0.2, -0.15) is 0 Å². The number of aromatic nitrogens is 2. The molecule has 0 saturated heterocycles. The fraction of sp³-hybridized carbons (Fsp3) is 0.222. The Morgan fingerprint density at radius 3 is 2.41 bits per heavy atom. The minimum absolute atomic E-state index is 0.0738. The summed E-state index contributed by atoms with van der Waals surface area (Å²) in [5.41, 5.74) is 1.91. The molecule has 0 saturated carbocycles. The number of imidazole rings is 1. The Morgan fingerprint density at radius 1 is 1.09 bits per heavy atom. The first-order chi connectivity index (χ1) is 10.4. The first-order valence-electron chi connectivity index (χ1n) is 7.16. The smallest absolute Gasteiger partial charge is 0.263 e. The van der Waals surface area contributed by atoms with E-state index in [1.807, 2.05) is 57.2 Å². The SMILES string of the molecule is CC(C)(C)c1nc2cc(Cl)ccc2n1C(=O)c1ccccc1. The molecule has 0 N–H and O–H groups in total. The van der Waals surface area contributed by atoms with Crippen LogP contribution >= 0.6 is 11.6 Å². The van der Waals surface area contributed by atoms with Crippen molar-refractivity contribution in [3.05, 3.63) is 64.9 Å². The van der Waals surface area contributed by atoms with Gasteiger partial charge in [-0.05, 0) is 30.3 Å². The van der Waals surface area contributed by atoms with Gasteiger partial charge in [0.15, 0.2) is 0 Å². The molecule has 0 unspecified atom stereocenters. The molecule has 0 aliphatic heterocycles. The molecular weight excluding hydrogens is 296 g/mol. The van der Waals surface area contributed by atoms with Crippen molar-refractivity contribution in [2.75, 3.05) is 0 Å². The van der Waals surface area contributed by atoms with Gasteiger partial charge in [0.2, 0.25) is 0 Å². The molecule has 1 aromatic heterocycles. The molecule has 0 amide bonds. The molecule has 4 heteroatoms. The summed E-state index contributed by atoms with van der Waals surface area (Å²) in [5, 5.41) is 0.616. The van der Waals surface area contributed by atoms with Gasteiger partial charge < -0.3 is 0 Å². The molecule has 3 rings (SSSR count). The number of hydrogen-bond donors (Lipinski definition) is 0. The van der Waals surface area contributed by atoms with Gasteiger partial charge in [-0.1, -0.05) is 50.6 Å². The second-order valence-corrected chi connectivity index (χ2v) is 6.76. The fourth-order valence-corrected chi connectivity index (χ4v) is 2.64. The average molecular weight is 313 g/mol. The van der Waals surface area contributed by atoms with E-state index < -0.39 is 0 Å². The van der Waals surface area contributed by atoms with Gasteiger partial charge in [0.25, 0.3) is 5.91 Å². The Labute approximate surface area is 134 Å². The highest BCUT2D eigenvalue weighted by Gasteiger charge is 2.26. The Kier molecular flexibility index (Phi) is 3.53. The van der Waals surface area contributed by atoms with Crippen LogP contribution in [0.2, 0.25) is 5.02 Å². The lowest BCUT2D eigenvalue weighted by Crippen LogP contribution is -2.24. The summed E-state index contributed by atoms with van der Waals surface area (Å²) in [6, 6.07) is 14.7. The van der Waals surface area contributed by atoms with E-state index in [1.165, 1.54) is 0 Å². The molecule has 3 aromatic rings. The lowest BCUT2D eigenvalue weighted by atomic mass is 9.95. The van der Waals surface area contributed by atoms with E-state index in [2.05, 4.69) is 4.98 Å². The second-order valence-electron chi connectivity index (χ2n) is 6.33. The number of rotatable bonds is 1. The number of carbonyl (C=O) groups excluding carboxylic acids is 1. The van der Waals surface area contributed by atoms with Crippen molar-refractivity contribution in [2.24, 2.45) is 0 Å². The molecule has 2 aromatic carbocycles. The summed E-state index contributed by atoms with van der Waals surface area (Å²) in [6.45, 7) is 6.14. The fourth-order valence-electron chi connectivity index (χ4n) is 2.47. The van der Waals surface area contributed by atoms with Crippen LogP contribution in [0.5, 0.6) is 0 Å². The Bertz CT molecular complexity index is 845. The zero-order valence-electron chi connectivity index (χ0n) is 12.8. The minimum Gasteiger partial charge on any atom is -0.268 e. The highest BCUT2D eigenvalue weighted by atomic mass is 35.5. The summed E-state index contributed by atoms with van der Waals surface area (Å²) in [7, 11) is 0. The standard InChI is InChI=1S/C18H17ClN2O/c1-18(2,3)17-20-14-11-13(19)9-10-15(14)21(17)16(22)12-7-5-4-6-8-12/h4-11H,1-3H3. The number of halogens is 1. The predicted octanol–water partition coefficient (Wildman–Crippen LogP) is 4.68. The molecule has 1 heterocycles. The third-order valence-corrected chi connectivity index (χ3v) is 3.75. The summed E-state index contributed by atoms with van der Waals surface area (Å²) >= 11 is 6.06. The van der Waals surface area contributed by atoms with Crippen molar-refractivity contribution in [1.29, 1.82) is 0 Å². The molecular formula is C18H17ClN2O. The first kappa shape index (κ1) is 14.8. The topological polar surface area (TPSA) is 34.9 Å². The Hall–Kier alpha value is -2.13. The van der Waals surface area contributed by atoms with Crippen LogP contribution in [-0.2, 0) is 5.41 Å². The number of hydrogen-bond acceptors (Lipinski definition) is 2. The van der Waals surface area contributed by atoms with E-state index in [9.17, 15) is 4.79 Å². The van der Waals surface area contributed by atoms with Crippen molar-refractivity contribution in [3.8, 4) is 0 Å². The molecule has 0 atom stereocenters. The second kappa shape index (κ2) is 5.25. The van der Waals surface area contributed by atoms with E-state index in [-0.39, 0.29) is 11.3 Å². The van der Waals surface area contributed by atoms with Gasteiger partial charge >= 0.3 is 0 Å². The molecule has 0 bridgehead atoms. The van der Waals surface area contributed by atoms with Crippen LogP contribution in [0.1, 0.15) is 37.0 Å². The van der Waals surface area contributed by atoms with Crippen molar-refractivity contribution in [3.63, 3.8) is 0 Å². The van der Waals surface area contributed by atoms with Crippen LogP contribution in [0.4, 0.5) is 0 Å². The summed E-state index contributed by atoms with van der Waals surface area (Å²) < 4.78 is 1.70. The average Bonchev–Trinajstić information content (AvgIpc) is 2.86. The molecule has 0 spiro atoms. The van der Waals surface area contributed by atoms with Crippen molar-refractivity contribution in [2.45, 2.75) is 26.2 Å². The van der Waals surface area contributed by atoms with E-state index in [0.717, 1.165) is 16.9 Å². The van der Waals surface area contributed by atoms with E-state index >= 15 is 0 Å². The maximum absolute atomic E-state index is 13.0. The van der Waals surface area contributed by atoms with Gasteiger partial charge in [-0.25, -0.2) is 4.98 Å². The monoisotopic (exact) mass is 312 g/mol. The highest BCUT2D eigenvalue weighted by Crippen LogP contribution is 2.28. The van der Waals surface area contributed by atoms with Gasteiger partial charge in [0, 0.05) is 16.0 Å². The first-order valence-corrected chi connectivity index (χ1v) is 7.54. The summed E-state index contributed by atoms with van der Waals surface area (Å²) in [5.74, 6) is 0.661. The van der Waals surface area contributed by atoms with Crippen LogP contribution in [-0.4, -0.2) is 15.5 Å². The van der Waals surface area contributed by atoms with Crippen molar-refractivity contribution < 1.29 is 4.79 Å². The molecule has 22 heavy (non-hydrogen) atoms. The third kappa shape index (κ3) is 2.53. The zero-order valence-corrected chi connectivity index (χ0v) is 13.6. The largest absolute Gasteiger partial charge is 0.268 e. The molecule has 112 valence electrons. The minimum atomic E-state index is -0.254. The molecule has 0 aliphatic rings. The lowest BCUT2D eigenvalue weighted by Gasteiger charge is -2.19. The van der Waals surface area contributed by atoms with Crippen LogP contribution in [0.15, 0.2) is 48.5 Å². The van der Waals surface area contributed by atoms with Crippen molar-refractivity contribution in [1.82, 2.24) is 9.55 Å². The number of nitrogens with zero attached hydrogens (tertiary/aromatic N) is 2. The van der Waals surface area contributed by atoms with Gasteiger partial charge in [0.1, 0.15) is 5.82 Å². The molecule has 0 radical (unpaired) electrons. The summed E-state index contributed by atoms with van der Waals surface area (Å²) in [4.78, 5) is 17.6. The maximum Gasteiger partial charge on any atom is 0.263 e. The number of benzene rings is 2. The van der Waals surface area contributed by atoms with Gasteiger partial charge in [-0.15, -0.1) is 0 Å².